The molecule has 0 aliphatic carbocycles. The van der Waals surface area contributed by atoms with Gasteiger partial charge in [0.1, 0.15) is 0 Å². The van der Waals surface area contributed by atoms with E-state index in [1.807, 2.05) is 14.1 Å². The van der Waals surface area contributed by atoms with Crippen LogP contribution >= 0.6 is 0 Å². The molecule has 112 valence electrons. The Hall–Kier alpha value is -1.11. The van der Waals surface area contributed by atoms with Crippen molar-refractivity contribution in [2.75, 3.05) is 32.9 Å². The van der Waals surface area contributed by atoms with Gasteiger partial charge in [0, 0.05) is 24.8 Å². The summed E-state index contributed by atoms with van der Waals surface area (Å²) in [5.74, 6) is 0.0324. The van der Waals surface area contributed by atoms with Crippen LogP contribution in [0.1, 0.15) is 18.4 Å². The second-order valence-electron chi connectivity index (χ2n) is 5.60. The number of anilines is 1. The molecule has 6 heteroatoms. The number of nitrogens with two attached hydrogens (primary N) is 1. The highest BCUT2D eigenvalue weighted by atomic mass is 32.2. The molecule has 1 aromatic carbocycles. The minimum Gasteiger partial charge on any atom is -0.399 e. The van der Waals surface area contributed by atoms with Crippen molar-refractivity contribution in [2.24, 2.45) is 0 Å². The van der Waals surface area contributed by atoms with E-state index in [1.54, 1.807) is 28.6 Å². The zero-order chi connectivity index (χ0) is 14.8. The molecule has 0 radical (unpaired) electrons. The predicted molar refractivity (Wildman–Crippen MR) is 81.8 cm³/mol. The first-order valence-corrected chi connectivity index (χ1v) is 8.48. The monoisotopic (exact) mass is 297 g/mol. The Morgan fingerprint density at radius 1 is 1.30 bits per heavy atom. The first kappa shape index (κ1) is 15.3. The second kappa shape index (κ2) is 6.11. The molecule has 1 aliphatic heterocycles. The summed E-state index contributed by atoms with van der Waals surface area (Å²) in [7, 11) is 0.843. The first-order valence-electron chi connectivity index (χ1n) is 6.87. The number of hydrogen-bond acceptors (Lipinski definition) is 4. The van der Waals surface area contributed by atoms with E-state index < -0.39 is 10.0 Å². The molecule has 20 heavy (non-hydrogen) atoms. The van der Waals surface area contributed by atoms with Gasteiger partial charge in [0.15, 0.2) is 0 Å². The molecule has 2 rings (SSSR count). The maximum atomic E-state index is 12.4. The minimum absolute atomic E-state index is 0.0324. The topological polar surface area (TPSA) is 66.6 Å². The third kappa shape index (κ3) is 3.71. The summed E-state index contributed by atoms with van der Waals surface area (Å²) in [4.78, 5) is 2.17. The van der Waals surface area contributed by atoms with Crippen molar-refractivity contribution < 1.29 is 8.42 Å². The largest absolute Gasteiger partial charge is 0.399 e. The van der Waals surface area contributed by atoms with Crippen LogP contribution in [0.4, 0.5) is 5.69 Å². The van der Waals surface area contributed by atoms with Crippen molar-refractivity contribution in [1.82, 2.24) is 9.21 Å². The number of rotatable bonds is 4. The smallest absolute Gasteiger partial charge is 0.218 e. The van der Waals surface area contributed by atoms with Crippen LogP contribution in [0, 0.1) is 0 Å². The summed E-state index contributed by atoms with van der Waals surface area (Å²) in [6.45, 7) is 1.21. The molecular formula is C14H23N3O2S. The van der Waals surface area contributed by atoms with E-state index in [0.717, 1.165) is 18.4 Å². The van der Waals surface area contributed by atoms with E-state index in [1.165, 1.54) is 0 Å². The summed E-state index contributed by atoms with van der Waals surface area (Å²) in [5.41, 5.74) is 7.04. The van der Waals surface area contributed by atoms with Gasteiger partial charge in [0.05, 0.1) is 5.75 Å². The fraction of sp³-hybridized carbons (Fsp3) is 0.571. The lowest BCUT2D eigenvalue weighted by Crippen LogP contribution is -2.44. The molecule has 1 aromatic rings. The Balaban J connectivity index is 2.01. The number of nitrogen functional groups attached to an aromatic ring is 1. The summed E-state index contributed by atoms with van der Waals surface area (Å²) < 4.78 is 26.4. The van der Waals surface area contributed by atoms with Gasteiger partial charge in [-0.1, -0.05) is 12.1 Å². The molecule has 1 aliphatic rings. The number of sulfonamides is 1. The van der Waals surface area contributed by atoms with Crippen molar-refractivity contribution >= 4 is 15.7 Å². The van der Waals surface area contributed by atoms with E-state index in [0.29, 0.717) is 24.8 Å². The number of piperidine rings is 1. The quantitative estimate of drug-likeness (QED) is 0.846. The van der Waals surface area contributed by atoms with Crippen molar-refractivity contribution in [1.29, 1.82) is 0 Å². The fourth-order valence-corrected chi connectivity index (χ4v) is 4.17. The Morgan fingerprint density at radius 3 is 2.50 bits per heavy atom. The van der Waals surface area contributed by atoms with Crippen LogP contribution in [-0.4, -0.2) is 50.8 Å². The minimum atomic E-state index is -3.24. The van der Waals surface area contributed by atoms with Gasteiger partial charge >= 0.3 is 0 Å². The lowest BCUT2D eigenvalue weighted by molar-refractivity contribution is 0.196. The lowest BCUT2D eigenvalue weighted by atomic mass is 10.1. The summed E-state index contributed by atoms with van der Waals surface area (Å²) in [5, 5.41) is 0. The third-order valence-corrected chi connectivity index (χ3v) is 5.70. The normalized spacial score (nSPS) is 18.6. The second-order valence-corrected chi connectivity index (χ2v) is 7.56. The van der Waals surface area contributed by atoms with Gasteiger partial charge in [-0.3, -0.25) is 0 Å². The number of hydrogen-bond donors (Lipinski definition) is 1. The molecule has 1 fully saturated rings. The highest BCUT2D eigenvalue weighted by Crippen LogP contribution is 2.20. The highest BCUT2D eigenvalue weighted by Gasteiger charge is 2.28. The molecule has 1 heterocycles. The van der Waals surface area contributed by atoms with E-state index >= 15 is 0 Å². The van der Waals surface area contributed by atoms with Crippen molar-refractivity contribution in [3.05, 3.63) is 29.8 Å². The van der Waals surface area contributed by atoms with Crippen LogP contribution in [0.15, 0.2) is 24.3 Å². The lowest BCUT2D eigenvalue weighted by Gasteiger charge is -2.34. The first-order chi connectivity index (χ1) is 9.38. The molecule has 5 nitrogen and oxygen atoms in total. The summed E-state index contributed by atoms with van der Waals surface area (Å²) in [6, 6.07) is 7.57. The van der Waals surface area contributed by atoms with Crippen LogP contribution in [0.25, 0.3) is 0 Å². The van der Waals surface area contributed by atoms with Gasteiger partial charge in [-0.2, -0.15) is 0 Å². The predicted octanol–water partition coefficient (Wildman–Crippen LogP) is 1.12. The molecule has 0 aromatic heterocycles. The molecule has 0 bridgehead atoms. The average molecular weight is 297 g/mol. The molecular weight excluding hydrogens is 274 g/mol. The van der Waals surface area contributed by atoms with Gasteiger partial charge in [0.2, 0.25) is 10.0 Å². The molecule has 1 saturated heterocycles. The van der Waals surface area contributed by atoms with E-state index in [-0.39, 0.29) is 5.75 Å². The maximum absolute atomic E-state index is 12.4. The van der Waals surface area contributed by atoms with Crippen LogP contribution in [0.3, 0.4) is 0 Å². The van der Waals surface area contributed by atoms with Crippen LogP contribution in [-0.2, 0) is 15.8 Å². The van der Waals surface area contributed by atoms with Crippen LogP contribution < -0.4 is 5.73 Å². The van der Waals surface area contributed by atoms with Gasteiger partial charge in [-0.25, -0.2) is 12.7 Å². The van der Waals surface area contributed by atoms with E-state index in [2.05, 4.69) is 4.90 Å². The van der Waals surface area contributed by atoms with Gasteiger partial charge in [-0.05, 0) is 44.6 Å². The van der Waals surface area contributed by atoms with Crippen LogP contribution in [0.2, 0.25) is 0 Å². The average Bonchev–Trinajstić information content (AvgIpc) is 2.38. The summed E-state index contributed by atoms with van der Waals surface area (Å²) in [6.07, 6.45) is 1.78. The fourth-order valence-electron chi connectivity index (χ4n) is 2.62. The van der Waals surface area contributed by atoms with Crippen molar-refractivity contribution in [3.63, 3.8) is 0 Å². The zero-order valence-corrected chi connectivity index (χ0v) is 12.9. The molecule has 2 N–H and O–H groups in total. The number of benzene rings is 1. The molecule has 0 unspecified atom stereocenters. The standard InChI is InChI=1S/C14H23N3O2S/c1-16(2)14-6-8-17(9-7-14)20(18,19)11-12-4-3-5-13(15)10-12/h3-5,10,14H,6-9,11,15H2,1-2H3. The number of nitrogens with zero attached hydrogens (tertiary/aromatic N) is 2. The Morgan fingerprint density at radius 2 is 1.95 bits per heavy atom. The molecule has 0 spiro atoms. The Bertz CT molecular complexity index is 549. The van der Waals surface area contributed by atoms with Gasteiger partial charge < -0.3 is 10.6 Å². The van der Waals surface area contributed by atoms with Crippen molar-refractivity contribution in [2.45, 2.75) is 24.6 Å². The van der Waals surface area contributed by atoms with E-state index in [4.69, 9.17) is 5.73 Å². The zero-order valence-electron chi connectivity index (χ0n) is 12.1. The maximum Gasteiger partial charge on any atom is 0.218 e. The highest BCUT2D eigenvalue weighted by molar-refractivity contribution is 7.88. The van der Waals surface area contributed by atoms with Gasteiger partial charge in [0.25, 0.3) is 0 Å². The molecule has 0 atom stereocenters. The van der Waals surface area contributed by atoms with Crippen molar-refractivity contribution in [3.8, 4) is 0 Å². The SMILES string of the molecule is CN(C)C1CCN(S(=O)(=O)Cc2cccc(N)c2)CC1. The van der Waals surface area contributed by atoms with Crippen LogP contribution in [0.5, 0.6) is 0 Å². The molecule has 0 amide bonds. The molecule has 0 saturated carbocycles. The third-order valence-electron chi connectivity index (χ3n) is 3.85. The van der Waals surface area contributed by atoms with Gasteiger partial charge in [-0.15, -0.1) is 0 Å². The van der Waals surface area contributed by atoms with E-state index in [9.17, 15) is 8.42 Å². The Labute approximate surface area is 121 Å². The summed E-state index contributed by atoms with van der Waals surface area (Å²) >= 11 is 0. The Kier molecular flexibility index (Phi) is 4.67.